The summed E-state index contributed by atoms with van der Waals surface area (Å²) < 4.78 is 10.6. The van der Waals surface area contributed by atoms with E-state index >= 15 is 0 Å². The highest BCUT2D eigenvalue weighted by Gasteiger charge is 2.71. The number of hydrogen-bond acceptors (Lipinski definition) is 5. The van der Waals surface area contributed by atoms with Gasteiger partial charge in [-0.3, -0.25) is 14.6 Å². The lowest BCUT2D eigenvalue weighted by atomic mass is 9.42. The zero-order valence-electron chi connectivity index (χ0n) is 17.2. The zero-order chi connectivity index (χ0) is 20.6. The van der Waals surface area contributed by atoms with E-state index in [1.54, 1.807) is 0 Å². The van der Waals surface area contributed by atoms with Crippen molar-refractivity contribution in [2.24, 2.45) is 22.2 Å². The van der Waals surface area contributed by atoms with Crippen molar-refractivity contribution in [1.82, 2.24) is 0 Å². The first kappa shape index (κ1) is 18.3. The van der Waals surface area contributed by atoms with Crippen LogP contribution in [0, 0.1) is 17.3 Å². The van der Waals surface area contributed by atoms with Gasteiger partial charge in [0.15, 0.2) is 0 Å². The summed E-state index contributed by atoms with van der Waals surface area (Å²) in [4.78, 5) is 31.3. The van der Waals surface area contributed by atoms with Crippen molar-refractivity contribution in [2.75, 3.05) is 14.2 Å². The lowest BCUT2D eigenvalue weighted by Crippen LogP contribution is -2.68. The van der Waals surface area contributed by atoms with Crippen molar-refractivity contribution in [3.05, 3.63) is 47.5 Å². The topological polar surface area (TPSA) is 65.0 Å². The quantitative estimate of drug-likeness (QED) is 0.733. The molecule has 0 saturated heterocycles. The molecule has 2 heterocycles. The first-order chi connectivity index (χ1) is 13.9. The van der Waals surface area contributed by atoms with Crippen LogP contribution < -0.4 is 0 Å². The summed E-state index contributed by atoms with van der Waals surface area (Å²) >= 11 is 0. The van der Waals surface area contributed by atoms with Crippen LogP contribution in [0.25, 0.3) is 10.8 Å². The molecule has 6 rings (SSSR count). The maximum atomic E-state index is 13.3. The predicted molar refractivity (Wildman–Crippen MR) is 110 cm³/mol. The smallest absolute Gasteiger partial charge is 0.318 e. The number of esters is 2. The van der Waals surface area contributed by atoms with Gasteiger partial charge in [0, 0.05) is 11.6 Å². The molecule has 2 aliphatic carbocycles. The number of carbonyl (C=O) groups excluding carboxylic acids is 2. The fourth-order valence-electron chi connectivity index (χ4n) is 6.68. The number of benzene rings is 2. The van der Waals surface area contributed by atoms with Crippen LogP contribution in [-0.2, 0) is 25.5 Å². The first-order valence-corrected chi connectivity index (χ1v) is 10.1. The molecule has 150 valence electrons. The maximum absolute atomic E-state index is 13.3. The second-order valence-corrected chi connectivity index (χ2v) is 8.85. The molecule has 3 unspecified atom stereocenters. The molecular weight excluding hydrogens is 366 g/mol. The Bertz CT molecular complexity index is 1090. The van der Waals surface area contributed by atoms with Gasteiger partial charge >= 0.3 is 11.9 Å². The van der Waals surface area contributed by atoms with Gasteiger partial charge in [-0.15, -0.1) is 0 Å². The second kappa shape index (κ2) is 5.91. The number of methoxy groups -OCH3 is 2. The van der Waals surface area contributed by atoms with Crippen molar-refractivity contribution < 1.29 is 19.1 Å². The summed E-state index contributed by atoms with van der Waals surface area (Å²) in [5, 5.41) is 2.37. The molecule has 4 aliphatic rings. The Hall–Kier alpha value is -2.69. The molecule has 0 spiro atoms. The molecule has 0 N–H and O–H groups in total. The van der Waals surface area contributed by atoms with E-state index in [0.29, 0.717) is 6.42 Å². The minimum absolute atomic E-state index is 0.0432. The van der Waals surface area contributed by atoms with E-state index in [1.807, 2.05) is 26.0 Å². The number of aliphatic imine (C=N–C) groups is 1. The third-order valence-electron chi connectivity index (χ3n) is 7.66. The molecule has 2 aliphatic heterocycles. The van der Waals surface area contributed by atoms with Crippen molar-refractivity contribution in [2.45, 2.75) is 38.1 Å². The van der Waals surface area contributed by atoms with Gasteiger partial charge in [0.1, 0.15) is 5.41 Å². The van der Waals surface area contributed by atoms with E-state index in [1.165, 1.54) is 30.6 Å². The van der Waals surface area contributed by atoms with E-state index in [4.69, 9.17) is 14.5 Å². The molecule has 1 fully saturated rings. The average Bonchev–Trinajstić information content (AvgIpc) is 2.71. The average molecular weight is 391 g/mol. The second-order valence-electron chi connectivity index (χ2n) is 8.85. The normalized spacial score (nSPS) is 34.3. The molecule has 5 nitrogen and oxygen atoms in total. The van der Waals surface area contributed by atoms with Crippen LogP contribution in [0.15, 0.2) is 41.4 Å². The third kappa shape index (κ3) is 2.08. The van der Waals surface area contributed by atoms with Crippen LogP contribution in [0.5, 0.6) is 0 Å². The molecule has 2 aromatic rings. The Balaban J connectivity index is 1.87. The molecule has 0 amide bonds. The van der Waals surface area contributed by atoms with Crippen LogP contribution >= 0.6 is 0 Å². The van der Waals surface area contributed by atoms with Crippen LogP contribution in [0.3, 0.4) is 0 Å². The van der Waals surface area contributed by atoms with Crippen molar-refractivity contribution in [1.29, 1.82) is 0 Å². The van der Waals surface area contributed by atoms with Gasteiger partial charge < -0.3 is 9.47 Å². The van der Waals surface area contributed by atoms with Crippen molar-refractivity contribution >= 4 is 28.4 Å². The zero-order valence-corrected chi connectivity index (χ0v) is 17.2. The highest BCUT2D eigenvalue weighted by molar-refractivity contribution is 6.10. The third-order valence-corrected chi connectivity index (χ3v) is 7.66. The fourth-order valence-corrected chi connectivity index (χ4v) is 6.68. The largest absolute Gasteiger partial charge is 0.469 e. The number of fused-ring (bicyclic) bond motifs is 3. The Labute approximate surface area is 170 Å². The molecule has 4 bridgehead atoms. The first-order valence-electron chi connectivity index (χ1n) is 10.1. The van der Waals surface area contributed by atoms with Crippen molar-refractivity contribution in [3.8, 4) is 0 Å². The minimum Gasteiger partial charge on any atom is -0.469 e. The molecule has 29 heavy (non-hydrogen) atoms. The molecule has 2 aromatic carbocycles. The highest BCUT2D eigenvalue weighted by Crippen LogP contribution is 2.66. The van der Waals surface area contributed by atoms with Crippen LogP contribution in [0.1, 0.15) is 37.3 Å². The van der Waals surface area contributed by atoms with Crippen molar-refractivity contribution in [3.63, 3.8) is 0 Å². The summed E-state index contributed by atoms with van der Waals surface area (Å²) in [6, 6.07) is 12.5. The number of nitrogens with zero attached hydrogens (tertiary/aromatic N) is 1. The summed E-state index contributed by atoms with van der Waals surface area (Å²) in [5.74, 6) is -1.41. The van der Waals surface area contributed by atoms with Crippen LogP contribution in [-0.4, -0.2) is 37.4 Å². The SMILES string of the molecule is COC(=O)C1C2c3ccc4ccccc4c3CC3C[C@]1(C)N=C(C)[C@]32C(=O)OC. The Morgan fingerprint density at radius 1 is 1.10 bits per heavy atom. The Morgan fingerprint density at radius 2 is 1.86 bits per heavy atom. The molecule has 0 aromatic heterocycles. The summed E-state index contributed by atoms with van der Waals surface area (Å²) in [6.45, 7) is 3.96. The van der Waals surface area contributed by atoms with E-state index in [2.05, 4.69) is 24.3 Å². The lowest BCUT2D eigenvalue weighted by Gasteiger charge is -2.62. The van der Waals surface area contributed by atoms with E-state index < -0.39 is 16.9 Å². The monoisotopic (exact) mass is 391 g/mol. The van der Waals surface area contributed by atoms with Crippen LogP contribution in [0.2, 0.25) is 0 Å². The highest BCUT2D eigenvalue weighted by atomic mass is 16.5. The number of hydrogen-bond donors (Lipinski definition) is 0. The molecule has 5 heteroatoms. The van der Waals surface area contributed by atoms with E-state index in [9.17, 15) is 9.59 Å². The lowest BCUT2D eigenvalue weighted by molar-refractivity contribution is -0.167. The minimum atomic E-state index is -0.916. The number of carbonyl (C=O) groups is 2. The van der Waals surface area contributed by atoms with Gasteiger partial charge in [-0.25, -0.2) is 0 Å². The van der Waals surface area contributed by atoms with Gasteiger partial charge in [0.2, 0.25) is 0 Å². The number of ether oxygens (including phenoxy) is 2. The standard InChI is InChI=1S/C24H25NO4/c1-13-24(22(27)29-4)15-11-18-16-8-6-5-7-14(16)9-10-17(18)19(24)20(21(26)28-3)23(2,12-15)25-13/h5-10,15,19-20H,11-12H2,1-4H3/t15?,19?,20?,23-,24-/m0/s1. The molecule has 1 saturated carbocycles. The predicted octanol–water partition coefficient (Wildman–Crippen LogP) is 3.68. The maximum Gasteiger partial charge on any atom is 0.318 e. The summed E-state index contributed by atoms with van der Waals surface area (Å²) in [6.07, 6.45) is 1.44. The van der Waals surface area contributed by atoms with Crippen LogP contribution in [0.4, 0.5) is 0 Å². The Morgan fingerprint density at radius 3 is 2.59 bits per heavy atom. The Kier molecular flexibility index (Phi) is 3.74. The summed E-state index contributed by atoms with van der Waals surface area (Å²) in [5.41, 5.74) is 1.59. The molecule has 0 radical (unpaired) electrons. The van der Waals surface area contributed by atoms with Gasteiger partial charge in [0.05, 0.1) is 25.7 Å². The van der Waals surface area contributed by atoms with Gasteiger partial charge in [0.25, 0.3) is 0 Å². The van der Waals surface area contributed by atoms with Gasteiger partial charge in [-0.2, -0.15) is 0 Å². The van der Waals surface area contributed by atoms with Gasteiger partial charge in [-0.1, -0.05) is 36.4 Å². The summed E-state index contributed by atoms with van der Waals surface area (Å²) in [7, 11) is 2.84. The molecule has 5 atom stereocenters. The fraction of sp³-hybridized carbons (Fsp3) is 0.458. The van der Waals surface area contributed by atoms with Gasteiger partial charge in [-0.05, 0) is 54.5 Å². The van der Waals surface area contributed by atoms with E-state index in [0.717, 1.165) is 17.7 Å². The molecular formula is C24H25NO4. The van der Waals surface area contributed by atoms with E-state index in [-0.39, 0.29) is 23.8 Å². The number of rotatable bonds is 2.